The fourth-order valence-corrected chi connectivity index (χ4v) is 8.29. The van der Waals surface area contributed by atoms with E-state index in [1.54, 1.807) is 22.7 Å². The summed E-state index contributed by atoms with van der Waals surface area (Å²) in [5.41, 5.74) is 14.2. The van der Waals surface area contributed by atoms with Gasteiger partial charge in [-0.1, -0.05) is 50.2 Å². The van der Waals surface area contributed by atoms with E-state index in [4.69, 9.17) is 19.9 Å². The van der Waals surface area contributed by atoms with Gasteiger partial charge in [-0.05, 0) is 96.8 Å². The van der Waals surface area contributed by atoms with Gasteiger partial charge in [-0.3, -0.25) is 0 Å². The number of fused-ring (bicyclic) bond motifs is 5. The van der Waals surface area contributed by atoms with Crippen LogP contribution < -0.4 is 0 Å². The Bertz CT molecular complexity index is 2370. The van der Waals surface area contributed by atoms with Crippen LogP contribution in [-0.2, 0) is 5.41 Å². The number of thiazole rings is 2. The second kappa shape index (κ2) is 10.4. The zero-order valence-electron chi connectivity index (χ0n) is 26.2. The van der Waals surface area contributed by atoms with Crippen LogP contribution in [0, 0.1) is 13.8 Å². The molecule has 2 aromatic carbocycles. The third-order valence-electron chi connectivity index (χ3n) is 8.99. The largest absolute Gasteiger partial charge is 0.245 e. The lowest BCUT2D eigenvalue weighted by atomic mass is 9.81. The number of hydrogen-bond donors (Lipinski definition) is 0. The van der Waals surface area contributed by atoms with Gasteiger partial charge in [0, 0.05) is 27.9 Å². The van der Waals surface area contributed by atoms with Crippen LogP contribution in [0.2, 0.25) is 0 Å². The van der Waals surface area contributed by atoms with Gasteiger partial charge in [0.25, 0.3) is 0 Å². The molecule has 0 aliphatic heterocycles. The van der Waals surface area contributed by atoms with Crippen LogP contribution in [0.15, 0.2) is 97.1 Å². The van der Waals surface area contributed by atoms with E-state index < -0.39 is 0 Å². The van der Waals surface area contributed by atoms with Crippen molar-refractivity contribution < 1.29 is 0 Å². The van der Waals surface area contributed by atoms with Crippen molar-refractivity contribution in [3.8, 4) is 55.0 Å². The zero-order chi connectivity index (χ0) is 31.9. The predicted molar refractivity (Wildman–Crippen MR) is 193 cm³/mol. The molecule has 0 bridgehead atoms. The first-order valence-electron chi connectivity index (χ1n) is 15.5. The topological polar surface area (TPSA) is 77.3 Å². The summed E-state index contributed by atoms with van der Waals surface area (Å²) >= 11 is 3.26. The van der Waals surface area contributed by atoms with Crippen molar-refractivity contribution in [3.05, 3.63) is 120 Å². The van der Waals surface area contributed by atoms with Crippen LogP contribution in [0.4, 0.5) is 0 Å². The van der Waals surface area contributed by atoms with Crippen molar-refractivity contribution in [2.45, 2.75) is 33.1 Å². The molecule has 0 amide bonds. The Hall–Kier alpha value is -5.18. The van der Waals surface area contributed by atoms with Crippen LogP contribution in [0.25, 0.3) is 75.7 Å². The minimum absolute atomic E-state index is 0.195. The zero-order valence-corrected chi connectivity index (χ0v) is 27.9. The lowest BCUT2D eigenvalue weighted by Crippen LogP contribution is -2.15. The average molecular weight is 645 g/mol. The van der Waals surface area contributed by atoms with Gasteiger partial charge in [-0.15, -0.1) is 22.7 Å². The van der Waals surface area contributed by atoms with Crippen LogP contribution in [0.5, 0.6) is 0 Å². The van der Waals surface area contributed by atoms with E-state index in [-0.39, 0.29) is 5.41 Å². The predicted octanol–water partition coefficient (Wildman–Crippen LogP) is 10.1. The number of pyridine rings is 4. The van der Waals surface area contributed by atoms with Gasteiger partial charge in [0.05, 0.1) is 32.2 Å². The van der Waals surface area contributed by atoms with E-state index in [1.807, 2.05) is 38.1 Å². The van der Waals surface area contributed by atoms with Crippen LogP contribution in [0.1, 0.15) is 36.4 Å². The van der Waals surface area contributed by atoms with Crippen molar-refractivity contribution in [3.63, 3.8) is 0 Å². The van der Waals surface area contributed by atoms with Crippen molar-refractivity contribution >= 4 is 43.4 Å². The molecule has 0 saturated heterocycles. The second-order valence-corrected chi connectivity index (χ2v) is 14.6. The third-order valence-corrected chi connectivity index (χ3v) is 11.1. The Labute approximate surface area is 279 Å². The summed E-state index contributed by atoms with van der Waals surface area (Å²) in [6, 6.07) is 34.1. The number of nitrogens with zero attached hydrogens (tertiary/aromatic N) is 6. The minimum atomic E-state index is -0.195. The van der Waals surface area contributed by atoms with E-state index >= 15 is 0 Å². The summed E-state index contributed by atoms with van der Waals surface area (Å²) in [6.07, 6.45) is 0. The lowest BCUT2D eigenvalue weighted by Gasteiger charge is -2.22. The number of hydrogen-bond acceptors (Lipinski definition) is 8. The highest BCUT2D eigenvalue weighted by molar-refractivity contribution is 7.21. The molecule has 226 valence electrons. The van der Waals surface area contributed by atoms with E-state index in [1.165, 1.54) is 22.3 Å². The Kier molecular flexibility index (Phi) is 6.22. The second-order valence-electron chi connectivity index (χ2n) is 12.5. The molecule has 0 N–H and O–H groups in total. The molecule has 0 atom stereocenters. The number of aryl methyl sites for hydroxylation is 2. The molecule has 0 radical (unpaired) electrons. The van der Waals surface area contributed by atoms with Crippen molar-refractivity contribution in [1.82, 2.24) is 29.9 Å². The van der Waals surface area contributed by atoms with Crippen molar-refractivity contribution in [2.75, 3.05) is 0 Å². The smallest absolute Gasteiger partial charge is 0.171 e. The fourth-order valence-electron chi connectivity index (χ4n) is 6.53. The van der Waals surface area contributed by atoms with Crippen LogP contribution in [-0.4, -0.2) is 29.9 Å². The molecule has 0 spiro atoms. The summed E-state index contributed by atoms with van der Waals surface area (Å²) in [4.78, 5) is 28.9. The molecular formula is C39H28N6S2. The maximum absolute atomic E-state index is 5.06. The van der Waals surface area contributed by atoms with Gasteiger partial charge in [-0.25, -0.2) is 29.9 Å². The SMILES string of the molecule is Cc1ccc2sc(-c3cccc(-c4ccc5c(c4)C(C)(C)c4cc(-c6cccc(-c7nc8nc(C)ccc8s7)n6)ccc4-5)n3)nc2n1. The Morgan fingerprint density at radius 2 is 0.915 bits per heavy atom. The van der Waals surface area contributed by atoms with E-state index in [0.29, 0.717) is 0 Å². The molecule has 1 aliphatic carbocycles. The Morgan fingerprint density at radius 1 is 0.468 bits per heavy atom. The quantitative estimate of drug-likeness (QED) is 0.190. The highest BCUT2D eigenvalue weighted by Crippen LogP contribution is 2.50. The molecule has 47 heavy (non-hydrogen) atoms. The van der Waals surface area contributed by atoms with Gasteiger partial charge in [0.1, 0.15) is 10.0 Å². The van der Waals surface area contributed by atoms with Gasteiger partial charge in [0.15, 0.2) is 11.3 Å². The molecule has 6 nitrogen and oxygen atoms in total. The summed E-state index contributed by atoms with van der Waals surface area (Å²) in [7, 11) is 0. The molecular weight excluding hydrogens is 617 g/mol. The number of rotatable bonds is 4. The van der Waals surface area contributed by atoms with E-state index in [9.17, 15) is 0 Å². The summed E-state index contributed by atoms with van der Waals surface area (Å²) < 4.78 is 2.14. The summed E-state index contributed by atoms with van der Waals surface area (Å²) in [5, 5.41) is 1.77. The Balaban J connectivity index is 1.05. The normalized spacial score (nSPS) is 13.3. The molecule has 1 aliphatic rings. The maximum atomic E-state index is 5.06. The summed E-state index contributed by atoms with van der Waals surface area (Å²) in [6.45, 7) is 8.60. The van der Waals surface area contributed by atoms with Crippen molar-refractivity contribution in [2.24, 2.45) is 0 Å². The van der Waals surface area contributed by atoms with Gasteiger partial charge >= 0.3 is 0 Å². The maximum Gasteiger partial charge on any atom is 0.171 e. The standard InChI is InChI=1S/C39H28N6S2/c1-21-11-17-33-35(40-21)44-37(46-33)31-9-5-7-29(42-31)23-13-15-25-26-16-14-24(20-28(26)39(3,4)27(25)19-23)30-8-6-10-32(43-30)38-45-36-34(47-38)18-12-22(2)41-36/h5-20H,1-4H3. The summed E-state index contributed by atoms with van der Waals surface area (Å²) in [5.74, 6) is 0. The molecule has 8 aromatic rings. The van der Waals surface area contributed by atoms with E-state index in [2.05, 4.69) is 96.6 Å². The van der Waals surface area contributed by atoms with Gasteiger partial charge < -0.3 is 0 Å². The van der Waals surface area contributed by atoms with Crippen molar-refractivity contribution in [1.29, 1.82) is 0 Å². The fraction of sp³-hybridized carbons (Fsp3) is 0.128. The highest BCUT2D eigenvalue weighted by Gasteiger charge is 2.36. The molecule has 9 rings (SSSR count). The lowest BCUT2D eigenvalue weighted by molar-refractivity contribution is 0.661. The van der Waals surface area contributed by atoms with E-state index in [0.717, 1.165) is 76.0 Å². The first-order valence-corrected chi connectivity index (χ1v) is 17.2. The molecule has 0 saturated carbocycles. The van der Waals surface area contributed by atoms with Crippen LogP contribution in [0.3, 0.4) is 0 Å². The number of aromatic nitrogens is 6. The van der Waals surface area contributed by atoms with Gasteiger partial charge in [0.2, 0.25) is 0 Å². The number of benzene rings is 2. The molecule has 0 unspecified atom stereocenters. The highest BCUT2D eigenvalue weighted by atomic mass is 32.1. The average Bonchev–Trinajstić information content (AvgIpc) is 3.77. The molecule has 0 fully saturated rings. The first-order chi connectivity index (χ1) is 22.8. The molecule has 6 heterocycles. The van der Waals surface area contributed by atoms with Crippen LogP contribution >= 0.6 is 22.7 Å². The Morgan fingerprint density at radius 3 is 1.38 bits per heavy atom. The monoisotopic (exact) mass is 644 g/mol. The third kappa shape index (κ3) is 4.67. The molecule has 6 aromatic heterocycles. The van der Waals surface area contributed by atoms with Gasteiger partial charge in [-0.2, -0.15) is 0 Å². The minimum Gasteiger partial charge on any atom is -0.245 e. The first kappa shape index (κ1) is 28.1. The molecule has 8 heteroatoms.